The fraction of sp³-hybridized carbons (Fsp3) is 0.500. The third-order valence-corrected chi connectivity index (χ3v) is 0.259. The summed E-state index contributed by atoms with van der Waals surface area (Å²) >= 11 is 4.65. The molecular formula is C2H4ClNO2. The van der Waals surface area contributed by atoms with Gasteiger partial charge in [-0.2, -0.15) is 5.48 Å². The maximum Gasteiger partial charge on any atom is 0.422 e. The zero-order valence-corrected chi connectivity index (χ0v) is 3.95. The SMILES string of the molecule is CNOC(=O)Cl. The van der Waals surface area contributed by atoms with Crippen molar-refractivity contribution >= 4 is 17.0 Å². The molecule has 0 aliphatic rings. The lowest BCUT2D eigenvalue weighted by Gasteiger charge is -1.88. The van der Waals surface area contributed by atoms with E-state index in [9.17, 15) is 4.79 Å². The average Bonchev–Trinajstić information content (AvgIpc) is 1.35. The normalized spacial score (nSPS) is 7.67. The lowest BCUT2D eigenvalue weighted by Crippen LogP contribution is -2.08. The maximum absolute atomic E-state index is 9.52. The Balaban J connectivity index is 2.83. The molecule has 0 rings (SSSR count). The Labute approximate surface area is 40.2 Å². The summed E-state index contributed by atoms with van der Waals surface area (Å²) in [5, 5.41) is 0. The van der Waals surface area contributed by atoms with Crippen LogP contribution in [0.15, 0.2) is 0 Å². The Bertz CT molecular complexity index is 55.5. The summed E-state index contributed by atoms with van der Waals surface area (Å²) in [6.45, 7) is 0. The predicted octanol–water partition coefficient (Wildman–Crippen LogP) is 0.496. The smallest absolute Gasteiger partial charge is 0.358 e. The molecule has 3 nitrogen and oxygen atoms in total. The standard InChI is InChI=1S/C2H4ClNO2/c1-4-6-2(3)5/h4H,1H3. The Morgan fingerprint density at radius 3 is 2.50 bits per heavy atom. The van der Waals surface area contributed by atoms with E-state index in [-0.39, 0.29) is 0 Å². The molecular weight excluding hydrogens is 105 g/mol. The van der Waals surface area contributed by atoms with Gasteiger partial charge in [-0.05, 0) is 0 Å². The highest BCUT2D eigenvalue weighted by molar-refractivity contribution is 6.61. The van der Waals surface area contributed by atoms with Gasteiger partial charge < -0.3 is 4.84 Å². The van der Waals surface area contributed by atoms with Crippen LogP contribution in [0.1, 0.15) is 0 Å². The summed E-state index contributed by atoms with van der Waals surface area (Å²) in [5.74, 6) is 0. The van der Waals surface area contributed by atoms with Crippen LogP contribution in [0, 0.1) is 0 Å². The molecule has 0 heterocycles. The van der Waals surface area contributed by atoms with Gasteiger partial charge in [-0.3, -0.25) is 0 Å². The Hall–Kier alpha value is -0.280. The van der Waals surface area contributed by atoms with E-state index >= 15 is 0 Å². The summed E-state index contributed by atoms with van der Waals surface area (Å²) in [6.07, 6.45) is 0. The van der Waals surface area contributed by atoms with Gasteiger partial charge in [0.1, 0.15) is 0 Å². The van der Waals surface area contributed by atoms with Crippen LogP contribution in [-0.2, 0) is 4.84 Å². The zero-order chi connectivity index (χ0) is 4.99. The van der Waals surface area contributed by atoms with Crippen molar-refractivity contribution in [1.29, 1.82) is 0 Å². The van der Waals surface area contributed by atoms with Crippen LogP contribution >= 0.6 is 11.6 Å². The molecule has 4 heteroatoms. The number of carbonyl (C=O) groups excluding carboxylic acids is 1. The minimum Gasteiger partial charge on any atom is -0.358 e. The lowest BCUT2D eigenvalue weighted by atomic mass is 11.5. The van der Waals surface area contributed by atoms with Crippen LogP contribution in [0.3, 0.4) is 0 Å². The summed E-state index contributed by atoms with van der Waals surface area (Å²) in [4.78, 5) is 13.4. The molecule has 0 aromatic heterocycles. The molecule has 0 spiro atoms. The molecule has 0 bridgehead atoms. The fourth-order valence-electron chi connectivity index (χ4n) is 0.0802. The zero-order valence-electron chi connectivity index (χ0n) is 3.19. The summed E-state index contributed by atoms with van der Waals surface area (Å²) in [7, 11) is 1.44. The Morgan fingerprint density at radius 2 is 2.50 bits per heavy atom. The topological polar surface area (TPSA) is 38.3 Å². The minimum absolute atomic E-state index is 0.850. The number of nitrogens with one attached hydrogen (secondary N) is 1. The second kappa shape index (κ2) is 2.93. The second-order valence-corrected chi connectivity index (χ2v) is 0.852. The van der Waals surface area contributed by atoms with E-state index in [1.54, 1.807) is 0 Å². The highest BCUT2D eigenvalue weighted by atomic mass is 35.5. The van der Waals surface area contributed by atoms with Crippen molar-refractivity contribution in [3.05, 3.63) is 0 Å². The minimum atomic E-state index is -0.850. The van der Waals surface area contributed by atoms with Crippen molar-refractivity contribution in [2.24, 2.45) is 0 Å². The van der Waals surface area contributed by atoms with Crippen molar-refractivity contribution in [3.8, 4) is 0 Å². The number of hydrogen-bond donors (Lipinski definition) is 1. The molecule has 0 aromatic rings. The molecule has 0 saturated heterocycles. The number of carbonyl (C=O) groups is 1. The molecule has 0 aliphatic carbocycles. The van der Waals surface area contributed by atoms with E-state index in [0.29, 0.717) is 0 Å². The molecule has 0 aromatic carbocycles. The third-order valence-electron chi connectivity index (χ3n) is 0.182. The molecule has 0 radical (unpaired) electrons. The molecule has 0 unspecified atom stereocenters. The first-order valence-electron chi connectivity index (χ1n) is 1.30. The molecule has 0 atom stereocenters. The number of hydroxylamine groups is 1. The van der Waals surface area contributed by atoms with E-state index in [2.05, 4.69) is 21.9 Å². The molecule has 1 N–H and O–H groups in total. The number of hydrogen-bond acceptors (Lipinski definition) is 3. The maximum atomic E-state index is 9.52. The summed E-state index contributed by atoms with van der Waals surface area (Å²) < 4.78 is 0. The van der Waals surface area contributed by atoms with Crippen LogP contribution in [0.5, 0.6) is 0 Å². The fourth-order valence-corrected chi connectivity index (χ4v) is 0.157. The van der Waals surface area contributed by atoms with Crippen LogP contribution in [0.25, 0.3) is 0 Å². The molecule has 0 fully saturated rings. The first kappa shape index (κ1) is 5.72. The predicted molar refractivity (Wildman–Crippen MR) is 21.4 cm³/mol. The van der Waals surface area contributed by atoms with Crippen molar-refractivity contribution in [3.63, 3.8) is 0 Å². The quantitative estimate of drug-likeness (QED) is 0.394. The first-order chi connectivity index (χ1) is 2.77. The van der Waals surface area contributed by atoms with Crippen molar-refractivity contribution < 1.29 is 9.63 Å². The summed E-state index contributed by atoms with van der Waals surface area (Å²) in [5.41, 5.74) is 1.24. The van der Waals surface area contributed by atoms with E-state index < -0.39 is 5.43 Å². The van der Waals surface area contributed by atoms with Gasteiger partial charge in [0.05, 0.1) is 0 Å². The number of rotatable bonds is 1. The van der Waals surface area contributed by atoms with Gasteiger partial charge in [-0.1, -0.05) is 0 Å². The first-order valence-corrected chi connectivity index (χ1v) is 1.68. The van der Waals surface area contributed by atoms with Crippen LogP contribution < -0.4 is 5.48 Å². The Morgan fingerprint density at radius 1 is 2.00 bits per heavy atom. The molecule has 6 heavy (non-hydrogen) atoms. The third kappa shape index (κ3) is 3.72. The Kier molecular flexibility index (Phi) is 2.80. The monoisotopic (exact) mass is 109 g/mol. The van der Waals surface area contributed by atoms with E-state index in [4.69, 9.17) is 0 Å². The lowest BCUT2D eigenvalue weighted by molar-refractivity contribution is 0.128. The van der Waals surface area contributed by atoms with Crippen LogP contribution in [-0.4, -0.2) is 12.5 Å². The molecule has 0 amide bonds. The molecule has 36 valence electrons. The van der Waals surface area contributed by atoms with Gasteiger partial charge in [-0.15, -0.1) is 0 Å². The van der Waals surface area contributed by atoms with Crippen molar-refractivity contribution in [2.45, 2.75) is 0 Å². The molecule has 0 aliphatic heterocycles. The van der Waals surface area contributed by atoms with Gasteiger partial charge in [-0.25, -0.2) is 4.79 Å². The van der Waals surface area contributed by atoms with Crippen LogP contribution in [0.2, 0.25) is 0 Å². The second-order valence-electron chi connectivity index (χ2n) is 0.544. The van der Waals surface area contributed by atoms with Crippen LogP contribution in [0.4, 0.5) is 4.79 Å². The van der Waals surface area contributed by atoms with Gasteiger partial charge in [0.2, 0.25) is 0 Å². The highest BCUT2D eigenvalue weighted by Gasteiger charge is 1.86. The van der Waals surface area contributed by atoms with Crippen molar-refractivity contribution in [2.75, 3.05) is 7.05 Å². The van der Waals surface area contributed by atoms with E-state index in [0.717, 1.165) is 0 Å². The highest BCUT2D eigenvalue weighted by Crippen LogP contribution is 1.78. The largest absolute Gasteiger partial charge is 0.422 e. The molecule has 0 saturated carbocycles. The van der Waals surface area contributed by atoms with E-state index in [1.807, 2.05) is 0 Å². The van der Waals surface area contributed by atoms with Gasteiger partial charge in [0.25, 0.3) is 0 Å². The van der Waals surface area contributed by atoms with Gasteiger partial charge >= 0.3 is 5.43 Å². The van der Waals surface area contributed by atoms with Gasteiger partial charge in [0.15, 0.2) is 0 Å². The van der Waals surface area contributed by atoms with Gasteiger partial charge in [0, 0.05) is 18.6 Å². The van der Waals surface area contributed by atoms with Crippen molar-refractivity contribution in [1.82, 2.24) is 5.48 Å². The van der Waals surface area contributed by atoms with E-state index in [1.165, 1.54) is 7.05 Å². The number of halogens is 1. The average molecular weight is 110 g/mol. The summed E-state index contributed by atoms with van der Waals surface area (Å²) in [6, 6.07) is 0.